The summed E-state index contributed by atoms with van der Waals surface area (Å²) in [7, 11) is 1.60. The lowest BCUT2D eigenvalue weighted by Crippen LogP contribution is -2.56. The summed E-state index contributed by atoms with van der Waals surface area (Å²) in [5, 5.41) is 0.990. The molecule has 1 aromatic carbocycles. The van der Waals surface area contributed by atoms with Gasteiger partial charge in [0, 0.05) is 41.6 Å². The van der Waals surface area contributed by atoms with Crippen LogP contribution in [0.25, 0.3) is 10.9 Å². The Morgan fingerprint density at radius 2 is 2.23 bits per heavy atom. The SMILES string of the molecule is CC[C@H]1C[C@H]2C[C@H]3c4[nH]c5ccc(OC)c(C(N)=O)c5c4CCN(C2)C13. The number of hydrogen-bond donors (Lipinski definition) is 2. The Bertz CT molecular complexity index is 887. The zero-order valence-corrected chi connectivity index (χ0v) is 15.5. The Kier molecular flexibility index (Phi) is 3.58. The number of primary amides is 1. The van der Waals surface area contributed by atoms with Crippen LogP contribution in [0.2, 0.25) is 0 Å². The number of aromatic nitrogens is 1. The molecule has 1 aliphatic carbocycles. The van der Waals surface area contributed by atoms with E-state index < -0.39 is 5.91 Å². The molecule has 2 unspecified atom stereocenters. The number of nitrogens with two attached hydrogens (primary N) is 1. The highest BCUT2D eigenvalue weighted by Gasteiger charge is 2.48. The molecule has 1 amide bonds. The Hall–Kier alpha value is -2.01. The number of fused-ring (bicyclic) bond motifs is 4. The molecule has 0 spiro atoms. The Balaban J connectivity index is 1.73. The number of aromatic amines is 1. The smallest absolute Gasteiger partial charge is 0.253 e. The Labute approximate surface area is 153 Å². The van der Waals surface area contributed by atoms with Crippen molar-refractivity contribution in [2.24, 2.45) is 17.6 Å². The summed E-state index contributed by atoms with van der Waals surface area (Å²) < 4.78 is 5.45. The highest BCUT2D eigenvalue weighted by Crippen LogP contribution is 2.51. The van der Waals surface area contributed by atoms with Crippen LogP contribution in [-0.2, 0) is 6.42 Å². The molecular formula is C21H27N3O2. The maximum Gasteiger partial charge on any atom is 0.253 e. The average Bonchev–Trinajstić information content (AvgIpc) is 2.98. The number of methoxy groups -OCH3 is 1. The third-order valence-electron chi connectivity index (χ3n) is 7.11. The summed E-state index contributed by atoms with van der Waals surface area (Å²) >= 11 is 0. The number of H-pyrrole nitrogens is 1. The van der Waals surface area contributed by atoms with Gasteiger partial charge >= 0.3 is 0 Å². The maximum atomic E-state index is 12.2. The number of ether oxygens (including phenoxy) is 1. The van der Waals surface area contributed by atoms with E-state index in [1.807, 2.05) is 12.1 Å². The number of amides is 1. The van der Waals surface area contributed by atoms with Crippen molar-refractivity contribution in [3.63, 3.8) is 0 Å². The number of carbonyl (C=O) groups excluding carboxylic acids is 1. The van der Waals surface area contributed by atoms with Crippen molar-refractivity contribution in [1.29, 1.82) is 0 Å². The number of carbonyl (C=O) groups is 1. The van der Waals surface area contributed by atoms with Crippen LogP contribution in [0.3, 0.4) is 0 Å². The fourth-order valence-electron chi connectivity index (χ4n) is 6.19. The van der Waals surface area contributed by atoms with Gasteiger partial charge in [-0.25, -0.2) is 0 Å². The molecule has 2 aromatic rings. The van der Waals surface area contributed by atoms with Crippen LogP contribution in [-0.4, -0.2) is 42.0 Å². The second-order valence-electron chi connectivity index (χ2n) is 8.29. The van der Waals surface area contributed by atoms with Gasteiger partial charge in [-0.2, -0.15) is 0 Å². The van der Waals surface area contributed by atoms with Crippen LogP contribution in [0.5, 0.6) is 5.75 Å². The molecule has 26 heavy (non-hydrogen) atoms. The van der Waals surface area contributed by atoms with Gasteiger partial charge in [-0.15, -0.1) is 0 Å². The zero-order chi connectivity index (χ0) is 18.0. The fraction of sp³-hybridized carbons (Fsp3) is 0.571. The lowest BCUT2D eigenvalue weighted by molar-refractivity contribution is -0.0134. The van der Waals surface area contributed by atoms with Crippen molar-refractivity contribution in [2.75, 3.05) is 20.2 Å². The predicted molar refractivity (Wildman–Crippen MR) is 102 cm³/mol. The van der Waals surface area contributed by atoms with Gasteiger partial charge in [-0.3, -0.25) is 9.69 Å². The summed E-state index contributed by atoms with van der Waals surface area (Å²) in [4.78, 5) is 18.7. The molecule has 0 radical (unpaired) electrons. The van der Waals surface area contributed by atoms with E-state index in [-0.39, 0.29) is 0 Å². The quantitative estimate of drug-likeness (QED) is 0.891. The van der Waals surface area contributed by atoms with Gasteiger partial charge < -0.3 is 15.5 Å². The van der Waals surface area contributed by atoms with Gasteiger partial charge in [-0.1, -0.05) is 13.3 Å². The van der Waals surface area contributed by atoms with Crippen LogP contribution < -0.4 is 10.5 Å². The molecule has 5 heteroatoms. The van der Waals surface area contributed by atoms with E-state index in [0.29, 0.717) is 23.3 Å². The van der Waals surface area contributed by atoms with Gasteiger partial charge in [-0.05, 0) is 48.8 Å². The molecule has 3 fully saturated rings. The minimum absolute atomic E-state index is 0.408. The first-order valence-electron chi connectivity index (χ1n) is 9.87. The zero-order valence-electron chi connectivity index (χ0n) is 15.5. The van der Waals surface area contributed by atoms with Crippen molar-refractivity contribution >= 4 is 16.8 Å². The molecule has 4 aliphatic rings. The largest absolute Gasteiger partial charge is 0.496 e. The van der Waals surface area contributed by atoms with Crippen molar-refractivity contribution < 1.29 is 9.53 Å². The Morgan fingerprint density at radius 1 is 1.38 bits per heavy atom. The molecule has 5 atom stereocenters. The van der Waals surface area contributed by atoms with Gasteiger partial charge in [0.25, 0.3) is 5.91 Å². The summed E-state index contributed by atoms with van der Waals surface area (Å²) in [6.07, 6.45) is 4.87. The molecule has 2 saturated heterocycles. The standard InChI is InChI=1S/C21H27N3O2/c1-3-12-8-11-9-14-19-13(6-7-24(10-11)20(12)14)17-15(23-19)4-5-16(26-2)18(17)21(22)25/h4-5,11-12,14,20,23H,3,6-10H2,1-2H3,(H2,22,25)/t11-,12-,14-,20?/m0/s1. The lowest BCUT2D eigenvalue weighted by Gasteiger charge is -2.53. The summed E-state index contributed by atoms with van der Waals surface area (Å²) in [5.74, 6) is 2.30. The molecule has 5 nitrogen and oxygen atoms in total. The topological polar surface area (TPSA) is 71.3 Å². The molecule has 3 aliphatic heterocycles. The van der Waals surface area contributed by atoms with E-state index in [1.165, 1.54) is 37.1 Å². The van der Waals surface area contributed by atoms with E-state index in [2.05, 4.69) is 16.8 Å². The minimum Gasteiger partial charge on any atom is -0.496 e. The van der Waals surface area contributed by atoms with E-state index in [1.54, 1.807) is 7.11 Å². The number of piperidine rings is 2. The van der Waals surface area contributed by atoms with Crippen LogP contribution in [0, 0.1) is 11.8 Å². The Morgan fingerprint density at radius 3 is 2.96 bits per heavy atom. The second kappa shape index (κ2) is 5.74. The number of hydrogen-bond acceptors (Lipinski definition) is 3. The van der Waals surface area contributed by atoms with E-state index in [4.69, 9.17) is 10.5 Å². The number of nitrogens with zero attached hydrogens (tertiary/aromatic N) is 1. The predicted octanol–water partition coefficient (Wildman–Crippen LogP) is 3.04. The summed E-state index contributed by atoms with van der Waals surface area (Å²) in [5.41, 5.74) is 9.96. The molecular weight excluding hydrogens is 326 g/mol. The molecule has 6 rings (SSSR count). The van der Waals surface area contributed by atoms with Gasteiger partial charge in [0.1, 0.15) is 5.75 Å². The number of benzene rings is 1. The van der Waals surface area contributed by atoms with Crippen LogP contribution >= 0.6 is 0 Å². The highest BCUT2D eigenvalue weighted by molar-refractivity contribution is 6.10. The molecule has 4 bridgehead atoms. The van der Waals surface area contributed by atoms with E-state index >= 15 is 0 Å². The molecule has 1 saturated carbocycles. The fourth-order valence-corrected chi connectivity index (χ4v) is 6.19. The third-order valence-corrected chi connectivity index (χ3v) is 7.11. The van der Waals surface area contributed by atoms with Crippen LogP contribution in [0.1, 0.15) is 53.7 Å². The van der Waals surface area contributed by atoms with Gasteiger partial charge in [0.15, 0.2) is 0 Å². The summed E-state index contributed by atoms with van der Waals surface area (Å²) in [6, 6.07) is 4.52. The highest BCUT2D eigenvalue weighted by atomic mass is 16.5. The first-order valence-corrected chi connectivity index (χ1v) is 9.87. The van der Waals surface area contributed by atoms with Crippen molar-refractivity contribution in [3.05, 3.63) is 29.0 Å². The molecule has 1 aromatic heterocycles. The number of rotatable bonds is 3. The monoisotopic (exact) mass is 353 g/mol. The number of nitrogens with one attached hydrogen (secondary N) is 1. The second-order valence-corrected chi connectivity index (χ2v) is 8.29. The lowest BCUT2D eigenvalue weighted by atomic mass is 9.65. The molecule has 4 heterocycles. The average molecular weight is 353 g/mol. The van der Waals surface area contributed by atoms with Crippen LogP contribution in [0.4, 0.5) is 0 Å². The van der Waals surface area contributed by atoms with E-state index in [9.17, 15) is 4.79 Å². The van der Waals surface area contributed by atoms with Crippen molar-refractivity contribution in [2.45, 2.75) is 44.6 Å². The summed E-state index contributed by atoms with van der Waals surface area (Å²) in [6.45, 7) is 4.65. The third kappa shape index (κ3) is 2.10. The van der Waals surface area contributed by atoms with Crippen molar-refractivity contribution in [3.8, 4) is 5.75 Å². The first kappa shape index (κ1) is 16.2. The molecule has 3 N–H and O–H groups in total. The normalized spacial score (nSPS) is 32.3. The van der Waals surface area contributed by atoms with Gasteiger partial charge in [0.05, 0.1) is 12.7 Å². The van der Waals surface area contributed by atoms with Crippen molar-refractivity contribution in [1.82, 2.24) is 9.88 Å². The van der Waals surface area contributed by atoms with Crippen LogP contribution in [0.15, 0.2) is 12.1 Å². The van der Waals surface area contributed by atoms with E-state index in [0.717, 1.165) is 35.7 Å². The molecule has 138 valence electrons. The first-order chi connectivity index (χ1) is 12.6. The minimum atomic E-state index is -0.408. The van der Waals surface area contributed by atoms with Gasteiger partial charge in [0.2, 0.25) is 0 Å². The maximum absolute atomic E-state index is 12.2.